The zero-order valence-corrected chi connectivity index (χ0v) is 17.1. The van der Waals surface area contributed by atoms with Gasteiger partial charge in [0.05, 0.1) is 4.90 Å². The molecule has 144 valence electrons. The van der Waals surface area contributed by atoms with Gasteiger partial charge in [0.25, 0.3) is 10.0 Å². The quantitative estimate of drug-likeness (QED) is 0.630. The van der Waals surface area contributed by atoms with Gasteiger partial charge in [-0.3, -0.25) is 9.52 Å². The number of sulfonamides is 1. The van der Waals surface area contributed by atoms with Crippen LogP contribution in [0.3, 0.4) is 0 Å². The molecular weight excluding hydrogens is 392 g/mol. The van der Waals surface area contributed by atoms with Gasteiger partial charge < -0.3 is 5.73 Å². The molecule has 7 heteroatoms. The Morgan fingerprint density at radius 2 is 1.46 bits per heavy atom. The first-order valence-electron chi connectivity index (χ1n) is 8.52. The molecular formula is C21H20N2O3S2. The topological polar surface area (TPSA) is 89.3 Å². The first-order chi connectivity index (χ1) is 13.2. The average molecular weight is 413 g/mol. The number of hydrogen-bond donors (Lipinski definition) is 2. The van der Waals surface area contributed by atoms with Crippen LogP contribution in [0, 0.1) is 13.8 Å². The number of carbonyl (C=O) groups is 1. The van der Waals surface area contributed by atoms with E-state index in [1.807, 2.05) is 12.1 Å². The second kappa shape index (κ2) is 8.08. The molecule has 0 fully saturated rings. The fourth-order valence-electron chi connectivity index (χ4n) is 2.52. The molecule has 0 atom stereocenters. The van der Waals surface area contributed by atoms with E-state index in [-0.39, 0.29) is 10.5 Å². The van der Waals surface area contributed by atoms with E-state index in [9.17, 15) is 13.2 Å². The van der Waals surface area contributed by atoms with Gasteiger partial charge in [0.15, 0.2) is 0 Å². The van der Waals surface area contributed by atoms with Crippen LogP contribution in [0.2, 0.25) is 0 Å². The maximum atomic E-state index is 12.5. The van der Waals surface area contributed by atoms with Crippen molar-refractivity contribution in [2.45, 2.75) is 28.5 Å². The van der Waals surface area contributed by atoms with Crippen LogP contribution in [-0.4, -0.2) is 14.3 Å². The number of rotatable bonds is 6. The highest BCUT2D eigenvalue weighted by atomic mass is 32.2. The summed E-state index contributed by atoms with van der Waals surface area (Å²) in [7, 11) is -3.75. The number of hydrogen-bond acceptors (Lipinski definition) is 4. The van der Waals surface area contributed by atoms with Gasteiger partial charge in [-0.25, -0.2) is 8.42 Å². The van der Waals surface area contributed by atoms with Crippen molar-refractivity contribution in [3.05, 3.63) is 83.4 Å². The number of amides is 1. The zero-order chi connectivity index (χ0) is 20.3. The minimum atomic E-state index is -3.75. The van der Waals surface area contributed by atoms with Crippen molar-refractivity contribution in [2.75, 3.05) is 4.72 Å². The third kappa shape index (κ3) is 4.74. The first kappa shape index (κ1) is 20.0. The molecule has 0 unspecified atom stereocenters. The Morgan fingerprint density at radius 3 is 2.04 bits per heavy atom. The van der Waals surface area contributed by atoms with E-state index in [1.54, 1.807) is 23.9 Å². The van der Waals surface area contributed by atoms with Crippen molar-refractivity contribution in [3.8, 4) is 0 Å². The van der Waals surface area contributed by atoms with Crippen molar-refractivity contribution in [1.82, 2.24) is 0 Å². The maximum Gasteiger partial charge on any atom is 0.261 e. The molecule has 0 aliphatic carbocycles. The van der Waals surface area contributed by atoms with Crippen LogP contribution < -0.4 is 10.5 Å². The van der Waals surface area contributed by atoms with Crippen molar-refractivity contribution in [3.63, 3.8) is 0 Å². The Morgan fingerprint density at radius 1 is 0.857 bits per heavy atom. The standard InChI is InChI=1S/C21H20N2O3S2/c1-14-3-8-19(13-15(14)2)27-18-9-6-17(7-10-18)23-28(25,26)20-11-4-16(5-12-20)21(22)24/h3-13,23H,1-2H3,(H2,22,24). The Labute approximate surface area is 169 Å². The van der Waals surface area contributed by atoms with Gasteiger partial charge in [-0.1, -0.05) is 17.8 Å². The summed E-state index contributed by atoms with van der Waals surface area (Å²) in [6.45, 7) is 4.15. The van der Waals surface area contributed by atoms with Crippen LogP contribution in [0.5, 0.6) is 0 Å². The van der Waals surface area contributed by atoms with E-state index < -0.39 is 15.9 Å². The largest absolute Gasteiger partial charge is 0.366 e. The number of carbonyl (C=O) groups excluding carboxylic acids is 1. The maximum absolute atomic E-state index is 12.5. The lowest BCUT2D eigenvalue weighted by atomic mass is 10.1. The highest BCUT2D eigenvalue weighted by Gasteiger charge is 2.14. The van der Waals surface area contributed by atoms with E-state index in [4.69, 9.17) is 5.73 Å². The van der Waals surface area contributed by atoms with E-state index in [2.05, 4.69) is 36.8 Å². The SMILES string of the molecule is Cc1ccc(Sc2ccc(NS(=O)(=O)c3ccc(C(N)=O)cc3)cc2)cc1C. The summed E-state index contributed by atoms with van der Waals surface area (Å²) in [5, 5.41) is 0. The van der Waals surface area contributed by atoms with Gasteiger partial charge in [-0.05, 0) is 85.6 Å². The molecule has 5 nitrogen and oxygen atoms in total. The molecule has 0 heterocycles. The molecule has 3 N–H and O–H groups in total. The van der Waals surface area contributed by atoms with Gasteiger partial charge in [-0.2, -0.15) is 0 Å². The summed E-state index contributed by atoms with van der Waals surface area (Å²) < 4.78 is 27.5. The molecule has 0 bridgehead atoms. The second-order valence-electron chi connectivity index (χ2n) is 6.37. The lowest BCUT2D eigenvalue weighted by Crippen LogP contribution is -2.14. The lowest BCUT2D eigenvalue weighted by Gasteiger charge is -2.10. The normalized spacial score (nSPS) is 11.2. The zero-order valence-electron chi connectivity index (χ0n) is 15.5. The molecule has 1 amide bonds. The van der Waals surface area contributed by atoms with Gasteiger partial charge in [0, 0.05) is 21.0 Å². The van der Waals surface area contributed by atoms with Crippen molar-refractivity contribution in [2.24, 2.45) is 5.73 Å². The summed E-state index contributed by atoms with van der Waals surface area (Å²) >= 11 is 1.62. The number of anilines is 1. The van der Waals surface area contributed by atoms with E-state index in [1.165, 1.54) is 35.4 Å². The van der Waals surface area contributed by atoms with Crippen LogP contribution in [0.4, 0.5) is 5.69 Å². The Bertz CT molecular complexity index is 1110. The molecule has 0 radical (unpaired) electrons. The average Bonchev–Trinajstić information content (AvgIpc) is 2.66. The number of nitrogens with one attached hydrogen (secondary N) is 1. The molecule has 3 rings (SSSR count). The summed E-state index contributed by atoms with van der Waals surface area (Å²) in [4.78, 5) is 13.3. The monoisotopic (exact) mass is 412 g/mol. The smallest absolute Gasteiger partial charge is 0.261 e. The van der Waals surface area contributed by atoms with E-state index >= 15 is 0 Å². The van der Waals surface area contributed by atoms with Crippen LogP contribution >= 0.6 is 11.8 Å². The fourth-order valence-corrected chi connectivity index (χ4v) is 4.49. The van der Waals surface area contributed by atoms with Gasteiger partial charge in [0.2, 0.25) is 5.91 Å². The van der Waals surface area contributed by atoms with Crippen LogP contribution in [0.1, 0.15) is 21.5 Å². The predicted octanol–water partition coefficient (Wildman–Crippen LogP) is 4.35. The minimum absolute atomic E-state index is 0.0612. The highest BCUT2D eigenvalue weighted by Crippen LogP contribution is 2.30. The summed E-state index contributed by atoms with van der Waals surface area (Å²) in [5.74, 6) is -0.603. The number of nitrogens with two attached hydrogens (primary N) is 1. The van der Waals surface area contributed by atoms with Gasteiger partial charge >= 0.3 is 0 Å². The molecule has 0 saturated carbocycles. The minimum Gasteiger partial charge on any atom is -0.366 e. The molecule has 0 aliphatic rings. The summed E-state index contributed by atoms with van der Waals surface area (Å²) in [6.07, 6.45) is 0. The van der Waals surface area contributed by atoms with Crippen LogP contribution in [0.25, 0.3) is 0 Å². The molecule has 3 aromatic rings. The van der Waals surface area contributed by atoms with E-state index in [0.29, 0.717) is 5.69 Å². The van der Waals surface area contributed by atoms with Crippen molar-refractivity contribution in [1.29, 1.82) is 0 Å². The van der Waals surface area contributed by atoms with Crippen LogP contribution in [0.15, 0.2) is 81.4 Å². The number of primary amides is 1. The van der Waals surface area contributed by atoms with Gasteiger partial charge in [0.1, 0.15) is 0 Å². The Kier molecular flexibility index (Phi) is 5.76. The first-order valence-corrected chi connectivity index (χ1v) is 10.8. The van der Waals surface area contributed by atoms with E-state index in [0.717, 1.165) is 9.79 Å². The number of benzene rings is 3. The third-order valence-corrected chi connectivity index (χ3v) is 6.66. The number of aryl methyl sites for hydroxylation is 2. The van der Waals surface area contributed by atoms with Crippen molar-refractivity contribution < 1.29 is 13.2 Å². The molecule has 0 spiro atoms. The Hall–Kier alpha value is -2.77. The molecule has 0 saturated heterocycles. The van der Waals surface area contributed by atoms with Crippen molar-refractivity contribution >= 4 is 33.4 Å². The molecule has 0 aromatic heterocycles. The Balaban J connectivity index is 1.72. The third-order valence-electron chi connectivity index (χ3n) is 4.27. The molecule has 0 aliphatic heterocycles. The predicted molar refractivity (Wildman–Crippen MR) is 112 cm³/mol. The summed E-state index contributed by atoms with van der Waals surface area (Å²) in [5.41, 5.74) is 8.37. The lowest BCUT2D eigenvalue weighted by molar-refractivity contribution is 0.1000. The highest BCUT2D eigenvalue weighted by molar-refractivity contribution is 7.99. The van der Waals surface area contributed by atoms with Crippen LogP contribution in [-0.2, 0) is 10.0 Å². The fraction of sp³-hybridized carbons (Fsp3) is 0.0952. The molecule has 3 aromatic carbocycles. The van der Waals surface area contributed by atoms with Gasteiger partial charge in [-0.15, -0.1) is 0 Å². The molecule has 28 heavy (non-hydrogen) atoms. The second-order valence-corrected chi connectivity index (χ2v) is 9.20. The summed E-state index contributed by atoms with van der Waals surface area (Å²) in [6, 6.07) is 19.0.